The Labute approximate surface area is 193 Å². The SMILES string of the molecule is Cc1cc2c(cc1/C=C1\SC(=Nc3cc(Cl)ccc3C)NC1=O)C(C)CC(C)(C)N2C. The van der Waals surface area contributed by atoms with Crippen LogP contribution in [0.15, 0.2) is 40.2 Å². The number of nitrogens with zero attached hydrogens (tertiary/aromatic N) is 2. The molecule has 2 aliphatic rings. The zero-order valence-electron chi connectivity index (χ0n) is 18.8. The van der Waals surface area contributed by atoms with Gasteiger partial charge in [-0.2, -0.15) is 0 Å². The second-order valence-corrected chi connectivity index (χ2v) is 10.6. The molecule has 0 aliphatic carbocycles. The normalized spacial score (nSPS) is 22.7. The maximum Gasteiger partial charge on any atom is 0.264 e. The first-order valence-corrected chi connectivity index (χ1v) is 11.7. The third-order valence-electron chi connectivity index (χ3n) is 6.35. The number of carbonyl (C=O) groups excluding carboxylic acids is 1. The number of nitrogens with one attached hydrogen (secondary N) is 1. The zero-order valence-corrected chi connectivity index (χ0v) is 20.4. The number of carbonyl (C=O) groups is 1. The molecule has 2 aromatic rings. The van der Waals surface area contributed by atoms with Crippen LogP contribution in [0.1, 0.15) is 55.4 Å². The fourth-order valence-corrected chi connectivity index (χ4v) is 5.32. The molecule has 162 valence electrons. The van der Waals surface area contributed by atoms with Crippen LogP contribution in [0.3, 0.4) is 0 Å². The lowest BCUT2D eigenvalue weighted by molar-refractivity contribution is -0.115. The standard InChI is InChI=1S/C25H28ClN3OS/c1-14-7-8-18(26)12-20(14)27-24-28-23(30)22(31-24)11-17-10-19-16(3)13-25(4,5)29(6)21(19)9-15(17)2/h7-12,16H,13H2,1-6H3,(H,27,28,30)/b22-11-. The molecular weight excluding hydrogens is 426 g/mol. The molecule has 1 fully saturated rings. The molecule has 4 nitrogen and oxygen atoms in total. The Morgan fingerprint density at radius 1 is 1.23 bits per heavy atom. The number of aryl methyl sites for hydroxylation is 2. The van der Waals surface area contributed by atoms with Crippen LogP contribution in [-0.2, 0) is 4.79 Å². The maximum atomic E-state index is 12.6. The summed E-state index contributed by atoms with van der Waals surface area (Å²) in [7, 11) is 2.17. The fourth-order valence-electron chi connectivity index (χ4n) is 4.32. The van der Waals surface area contributed by atoms with Crippen LogP contribution in [0.5, 0.6) is 0 Å². The van der Waals surface area contributed by atoms with Crippen molar-refractivity contribution in [1.82, 2.24) is 5.32 Å². The van der Waals surface area contributed by atoms with Crippen LogP contribution in [0.2, 0.25) is 5.02 Å². The lowest BCUT2D eigenvalue weighted by Gasteiger charge is -2.45. The molecule has 1 saturated heterocycles. The highest BCUT2D eigenvalue weighted by Crippen LogP contribution is 2.44. The van der Waals surface area contributed by atoms with E-state index in [9.17, 15) is 4.79 Å². The van der Waals surface area contributed by atoms with E-state index in [0.717, 1.165) is 28.8 Å². The van der Waals surface area contributed by atoms with Gasteiger partial charge in [0.1, 0.15) is 0 Å². The molecule has 2 aromatic carbocycles. The molecule has 2 aliphatic heterocycles. The Morgan fingerprint density at radius 3 is 2.71 bits per heavy atom. The molecule has 1 unspecified atom stereocenters. The van der Waals surface area contributed by atoms with Crippen molar-refractivity contribution in [3.8, 4) is 0 Å². The van der Waals surface area contributed by atoms with E-state index in [2.05, 4.69) is 62.1 Å². The van der Waals surface area contributed by atoms with E-state index >= 15 is 0 Å². The van der Waals surface area contributed by atoms with Crippen LogP contribution in [0.25, 0.3) is 6.08 Å². The first-order chi connectivity index (χ1) is 14.5. The van der Waals surface area contributed by atoms with Gasteiger partial charge in [-0.05, 0) is 104 Å². The average Bonchev–Trinajstić information content (AvgIpc) is 3.03. The topological polar surface area (TPSA) is 44.7 Å². The van der Waals surface area contributed by atoms with Crippen molar-refractivity contribution < 1.29 is 4.79 Å². The van der Waals surface area contributed by atoms with E-state index < -0.39 is 0 Å². The number of hydrogen-bond donors (Lipinski definition) is 1. The summed E-state index contributed by atoms with van der Waals surface area (Å²) < 4.78 is 0. The number of anilines is 1. The van der Waals surface area contributed by atoms with Crippen molar-refractivity contribution in [3.05, 3.63) is 62.5 Å². The van der Waals surface area contributed by atoms with Gasteiger partial charge in [0, 0.05) is 23.3 Å². The number of fused-ring (bicyclic) bond motifs is 1. The predicted octanol–water partition coefficient (Wildman–Crippen LogP) is 6.57. The number of thioether (sulfide) groups is 1. The van der Waals surface area contributed by atoms with Crippen molar-refractivity contribution in [1.29, 1.82) is 0 Å². The second kappa shape index (κ2) is 8.03. The van der Waals surface area contributed by atoms with Crippen molar-refractivity contribution in [2.45, 2.75) is 52.5 Å². The Balaban J connectivity index is 1.67. The number of rotatable bonds is 2. The van der Waals surface area contributed by atoms with Crippen LogP contribution < -0.4 is 10.2 Å². The lowest BCUT2D eigenvalue weighted by atomic mass is 9.79. The Kier molecular flexibility index (Phi) is 5.69. The molecule has 0 bridgehead atoms. The van der Waals surface area contributed by atoms with Gasteiger partial charge in [0.2, 0.25) is 0 Å². The highest BCUT2D eigenvalue weighted by Gasteiger charge is 2.34. The molecule has 0 radical (unpaired) electrons. The Bertz CT molecular complexity index is 1140. The Hall–Kier alpha value is -2.24. The van der Waals surface area contributed by atoms with E-state index in [0.29, 0.717) is 21.0 Å². The molecule has 31 heavy (non-hydrogen) atoms. The summed E-state index contributed by atoms with van der Waals surface area (Å²) in [4.78, 5) is 20.3. The number of amides is 1. The van der Waals surface area contributed by atoms with Crippen LogP contribution in [0, 0.1) is 13.8 Å². The first-order valence-electron chi connectivity index (χ1n) is 10.5. The Morgan fingerprint density at radius 2 is 1.97 bits per heavy atom. The van der Waals surface area contributed by atoms with Gasteiger partial charge in [-0.3, -0.25) is 4.79 Å². The molecule has 4 rings (SSSR count). The summed E-state index contributed by atoms with van der Waals surface area (Å²) >= 11 is 7.47. The van der Waals surface area contributed by atoms with Gasteiger partial charge in [0.25, 0.3) is 5.91 Å². The summed E-state index contributed by atoms with van der Waals surface area (Å²) in [5.74, 6) is 0.346. The minimum atomic E-state index is -0.119. The van der Waals surface area contributed by atoms with E-state index in [1.807, 2.05) is 31.2 Å². The molecule has 1 atom stereocenters. The van der Waals surface area contributed by atoms with Crippen LogP contribution in [0.4, 0.5) is 11.4 Å². The fraction of sp³-hybridized carbons (Fsp3) is 0.360. The number of halogens is 1. The molecule has 1 N–H and O–H groups in total. The monoisotopic (exact) mass is 453 g/mol. The van der Waals surface area contributed by atoms with Gasteiger partial charge in [-0.1, -0.05) is 24.6 Å². The minimum Gasteiger partial charge on any atom is -0.369 e. The average molecular weight is 454 g/mol. The highest BCUT2D eigenvalue weighted by molar-refractivity contribution is 8.18. The summed E-state index contributed by atoms with van der Waals surface area (Å²) in [5, 5.41) is 4.09. The van der Waals surface area contributed by atoms with Crippen molar-refractivity contribution >= 4 is 51.9 Å². The van der Waals surface area contributed by atoms with E-state index in [1.165, 1.54) is 23.0 Å². The van der Waals surface area contributed by atoms with E-state index in [4.69, 9.17) is 11.6 Å². The predicted molar refractivity (Wildman–Crippen MR) is 134 cm³/mol. The maximum absolute atomic E-state index is 12.6. The highest BCUT2D eigenvalue weighted by atomic mass is 35.5. The van der Waals surface area contributed by atoms with Gasteiger partial charge in [0.05, 0.1) is 10.6 Å². The van der Waals surface area contributed by atoms with Crippen molar-refractivity contribution in [3.63, 3.8) is 0 Å². The minimum absolute atomic E-state index is 0.119. The third kappa shape index (κ3) is 4.26. The van der Waals surface area contributed by atoms with Crippen molar-refractivity contribution in [2.24, 2.45) is 4.99 Å². The first kappa shape index (κ1) is 22.0. The van der Waals surface area contributed by atoms with E-state index in [1.54, 1.807) is 0 Å². The molecule has 6 heteroatoms. The van der Waals surface area contributed by atoms with Gasteiger partial charge in [-0.15, -0.1) is 0 Å². The molecule has 0 saturated carbocycles. The summed E-state index contributed by atoms with van der Waals surface area (Å²) in [6, 6.07) is 10.1. The summed E-state index contributed by atoms with van der Waals surface area (Å²) in [6.45, 7) is 11.0. The summed E-state index contributed by atoms with van der Waals surface area (Å²) in [5.41, 5.74) is 6.77. The number of hydrogen-bond acceptors (Lipinski definition) is 4. The lowest BCUT2D eigenvalue weighted by Crippen LogP contribution is -2.45. The molecular formula is C25H28ClN3OS. The molecule has 1 amide bonds. The van der Waals surface area contributed by atoms with Gasteiger partial charge >= 0.3 is 0 Å². The zero-order chi connectivity index (χ0) is 22.5. The van der Waals surface area contributed by atoms with Gasteiger partial charge < -0.3 is 10.2 Å². The van der Waals surface area contributed by atoms with E-state index in [-0.39, 0.29) is 11.4 Å². The number of aliphatic imine (C=N–C) groups is 1. The molecule has 0 spiro atoms. The van der Waals surface area contributed by atoms with Crippen LogP contribution in [-0.4, -0.2) is 23.7 Å². The smallest absolute Gasteiger partial charge is 0.264 e. The molecule has 2 heterocycles. The van der Waals surface area contributed by atoms with Gasteiger partial charge in [-0.25, -0.2) is 4.99 Å². The number of amidine groups is 1. The second-order valence-electron chi connectivity index (χ2n) is 9.16. The van der Waals surface area contributed by atoms with Crippen molar-refractivity contribution in [2.75, 3.05) is 11.9 Å². The van der Waals surface area contributed by atoms with Gasteiger partial charge in [0.15, 0.2) is 5.17 Å². The largest absolute Gasteiger partial charge is 0.369 e. The summed E-state index contributed by atoms with van der Waals surface area (Å²) in [6.07, 6.45) is 3.08. The third-order valence-corrected chi connectivity index (χ3v) is 7.50. The quantitative estimate of drug-likeness (QED) is 0.523. The molecule has 0 aromatic heterocycles. The van der Waals surface area contributed by atoms with Crippen LogP contribution >= 0.6 is 23.4 Å². The number of benzene rings is 2.